The van der Waals surface area contributed by atoms with Gasteiger partial charge in [0.25, 0.3) is 0 Å². The van der Waals surface area contributed by atoms with Crippen LogP contribution < -0.4 is 9.47 Å². The Labute approximate surface area is 141 Å². The lowest BCUT2D eigenvalue weighted by atomic mass is 10.0. The minimum absolute atomic E-state index is 0.430. The maximum Gasteiger partial charge on any atom is 0.133 e. The SMILES string of the molecule is COCc1nc(-c2ccc(OC)cc2)c(-c2ccc(OC)cc2)[nH]1. The van der Waals surface area contributed by atoms with Crippen LogP contribution in [0.4, 0.5) is 0 Å². The number of hydrogen-bond donors (Lipinski definition) is 1. The molecule has 24 heavy (non-hydrogen) atoms. The molecule has 0 radical (unpaired) electrons. The van der Waals surface area contributed by atoms with Gasteiger partial charge in [0.15, 0.2) is 0 Å². The van der Waals surface area contributed by atoms with Gasteiger partial charge in [-0.2, -0.15) is 0 Å². The maximum atomic E-state index is 5.23. The van der Waals surface area contributed by atoms with Crippen LogP contribution in [0.2, 0.25) is 0 Å². The average Bonchev–Trinajstić information content (AvgIpc) is 3.06. The fraction of sp³-hybridized carbons (Fsp3) is 0.211. The van der Waals surface area contributed by atoms with Crippen molar-refractivity contribution in [3.63, 3.8) is 0 Å². The van der Waals surface area contributed by atoms with Gasteiger partial charge in [-0.15, -0.1) is 0 Å². The summed E-state index contributed by atoms with van der Waals surface area (Å²) in [6.07, 6.45) is 0. The van der Waals surface area contributed by atoms with E-state index in [2.05, 4.69) is 4.98 Å². The molecule has 0 saturated carbocycles. The molecule has 1 aromatic heterocycles. The van der Waals surface area contributed by atoms with Crippen LogP contribution in [0.1, 0.15) is 5.82 Å². The van der Waals surface area contributed by atoms with Crippen LogP contribution in [0, 0.1) is 0 Å². The molecule has 3 aromatic rings. The first-order valence-corrected chi connectivity index (χ1v) is 7.62. The van der Waals surface area contributed by atoms with Crippen LogP contribution in [0.5, 0.6) is 11.5 Å². The van der Waals surface area contributed by atoms with E-state index in [4.69, 9.17) is 19.2 Å². The third-order valence-corrected chi connectivity index (χ3v) is 3.78. The lowest BCUT2D eigenvalue weighted by molar-refractivity contribution is 0.178. The molecule has 5 heteroatoms. The number of aromatic amines is 1. The molecule has 1 N–H and O–H groups in total. The van der Waals surface area contributed by atoms with Gasteiger partial charge in [-0.1, -0.05) is 0 Å². The number of imidazole rings is 1. The molecule has 1 heterocycles. The molecule has 0 saturated heterocycles. The van der Waals surface area contributed by atoms with E-state index < -0.39 is 0 Å². The summed E-state index contributed by atoms with van der Waals surface area (Å²) in [5.74, 6) is 2.42. The molecule has 124 valence electrons. The molecule has 0 atom stereocenters. The lowest BCUT2D eigenvalue weighted by Crippen LogP contribution is -1.89. The molecular formula is C19H20N2O3. The molecule has 0 aliphatic heterocycles. The summed E-state index contributed by atoms with van der Waals surface area (Å²) >= 11 is 0. The number of methoxy groups -OCH3 is 3. The Bertz CT molecular complexity index is 727. The second kappa shape index (κ2) is 7.19. The average molecular weight is 324 g/mol. The van der Waals surface area contributed by atoms with E-state index in [-0.39, 0.29) is 0 Å². The summed E-state index contributed by atoms with van der Waals surface area (Å²) in [6, 6.07) is 15.7. The molecule has 0 unspecified atom stereocenters. The zero-order valence-corrected chi connectivity index (χ0v) is 14.0. The summed E-state index contributed by atoms with van der Waals surface area (Å²) in [5.41, 5.74) is 3.89. The van der Waals surface area contributed by atoms with Crippen molar-refractivity contribution < 1.29 is 14.2 Å². The minimum Gasteiger partial charge on any atom is -0.497 e. The maximum absolute atomic E-state index is 5.23. The van der Waals surface area contributed by atoms with Crippen LogP contribution in [0.25, 0.3) is 22.5 Å². The first-order chi connectivity index (χ1) is 11.7. The highest BCUT2D eigenvalue weighted by Crippen LogP contribution is 2.32. The fourth-order valence-corrected chi connectivity index (χ4v) is 2.55. The van der Waals surface area contributed by atoms with E-state index in [9.17, 15) is 0 Å². The Morgan fingerprint density at radius 3 is 1.83 bits per heavy atom. The summed E-state index contributed by atoms with van der Waals surface area (Å²) in [7, 11) is 4.97. The van der Waals surface area contributed by atoms with Crippen molar-refractivity contribution in [2.45, 2.75) is 6.61 Å². The van der Waals surface area contributed by atoms with Gasteiger partial charge in [0.2, 0.25) is 0 Å². The molecule has 0 aliphatic rings. The highest BCUT2D eigenvalue weighted by molar-refractivity contribution is 5.78. The van der Waals surface area contributed by atoms with Gasteiger partial charge in [0, 0.05) is 18.2 Å². The van der Waals surface area contributed by atoms with E-state index in [1.807, 2.05) is 48.5 Å². The van der Waals surface area contributed by atoms with Crippen molar-refractivity contribution in [1.29, 1.82) is 0 Å². The van der Waals surface area contributed by atoms with Crippen LogP contribution >= 0.6 is 0 Å². The third kappa shape index (κ3) is 3.26. The highest BCUT2D eigenvalue weighted by atomic mass is 16.5. The summed E-state index contributed by atoms with van der Waals surface area (Å²) < 4.78 is 15.7. The van der Waals surface area contributed by atoms with Crippen molar-refractivity contribution in [3.8, 4) is 34.0 Å². The van der Waals surface area contributed by atoms with Crippen molar-refractivity contribution in [3.05, 3.63) is 54.4 Å². The molecule has 5 nitrogen and oxygen atoms in total. The van der Waals surface area contributed by atoms with Gasteiger partial charge in [-0.05, 0) is 48.5 Å². The molecule has 2 aromatic carbocycles. The second-order valence-corrected chi connectivity index (χ2v) is 5.30. The Balaban J connectivity index is 2.05. The van der Waals surface area contributed by atoms with Crippen molar-refractivity contribution in [2.24, 2.45) is 0 Å². The number of aromatic nitrogens is 2. The smallest absolute Gasteiger partial charge is 0.133 e. The monoisotopic (exact) mass is 324 g/mol. The molecule has 0 fully saturated rings. The number of nitrogens with one attached hydrogen (secondary N) is 1. The number of H-pyrrole nitrogens is 1. The minimum atomic E-state index is 0.430. The predicted molar refractivity (Wildman–Crippen MR) is 93.3 cm³/mol. The third-order valence-electron chi connectivity index (χ3n) is 3.78. The summed E-state index contributed by atoms with van der Waals surface area (Å²) in [5, 5.41) is 0. The summed E-state index contributed by atoms with van der Waals surface area (Å²) in [4.78, 5) is 8.05. The number of rotatable bonds is 6. The van der Waals surface area contributed by atoms with Crippen molar-refractivity contribution >= 4 is 0 Å². The topological polar surface area (TPSA) is 56.4 Å². The van der Waals surface area contributed by atoms with Gasteiger partial charge >= 0.3 is 0 Å². The molecule has 0 aliphatic carbocycles. The van der Waals surface area contributed by atoms with E-state index >= 15 is 0 Å². The Hall–Kier alpha value is -2.79. The van der Waals surface area contributed by atoms with Gasteiger partial charge < -0.3 is 19.2 Å². The largest absolute Gasteiger partial charge is 0.497 e. The standard InChI is InChI=1S/C19H20N2O3/c1-22-12-17-20-18(13-4-8-15(23-2)9-5-13)19(21-17)14-6-10-16(24-3)11-7-14/h4-11H,12H2,1-3H3,(H,20,21). The van der Waals surface area contributed by atoms with E-state index in [1.54, 1.807) is 21.3 Å². The van der Waals surface area contributed by atoms with Crippen LogP contribution in [-0.4, -0.2) is 31.3 Å². The number of ether oxygens (including phenoxy) is 3. The van der Waals surface area contributed by atoms with Crippen LogP contribution in [-0.2, 0) is 11.3 Å². The second-order valence-electron chi connectivity index (χ2n) is 5.30. The first-order valence-electron chi connectivity index (χ1n) is 7.62. The van der Waals surface area contributed by atoms with E-state index in [0.717, 1.165) is 39.8 Å². The lowest BCUT2D eigenvalue weighted by Gasteiger charge is -2.06. The van der Waals surface area contributed by atoms with Gasteiger partial charge in [0.1, 0.15) is 23.9 Å². The molecule has 0 bridgehead atoms. The van der Waals surface area contributed by atoms with E-state index in [0.29, 0.717) is 6.61 Å². The molecule has 0 spiro atoms. The first kappa shape index (κ1) is 16.1. The highest BCUT2D eigenvalue weighted by Gasteiger charge is 2.14. The molecule has 0 amide bonds. The number of nitrogens with zero attached hydrogens (tertiary/aromatic N) is 1. The number of hydrogen-bond acceptors (Lipinski definition) is 4. The summed E-state index contributed by atoms with van der Waals surface area (Å²) in [6.45, 7) is 0.430. The van der Waals surface area contributed by atoms with Crippen LogP contribution in [0.3, 0.4) is 0 Å². The Morgan fingerprint density at radius 1 is 0.792 bits per heavy atom. The Kier molecular flexibility index (Phi) is 4.82. The van der Waals surface area contributed by atoms with Crippen molar-refractivity contribution in [1.82, 2.24) is 9.97 Å². The molecular weight excluding hydrogens is 304 g/mol. The zero-order valence-electron chi connectivity index (χ0n) is 14.0. The molecule has 3 rings (SSSR count). The Morgan fingerprint density at radius 2 is 1.33 bits per heavy atom. The normalized spacial score (nSPS) is 10.6. The predicted octanol–water partition coefficient (Wildman–Crippen LogP) is 3.91. The van der Waals surface area contributed by atoms with Gasteiger partial charge in [0.05, 0.1) is 25.6 Å². The zero-order chi connectivity index (χ0) is 16.9. The van der Waals surface area contributed by atoms with Gasteiger partial charge in [-0.3, -0.25) is 0 Å². The van der Waals surface area contributed by atoms with E-state index in [1.165, 1.54) is 0 Å². The van der Waals surface area contributed by atoms with Gasteiger partial charge in [-0.25, -0.2) is 4.98 Å². The quantitative estimate of drug-likeness (QED) is 0.747. The van der Waals surface area contributed by atoms with Crippen molar-refractivity contribution in [2.75, 3.05) is 21.3 Å². The van der Waals surface area contributed by atoms with Crippen LogP contribution in [0.15, 0.2) is 48.5 Å². The fourth-order valence-electron chi connectivity index (χ4n) is 2.55. The number of benzene rings is 2.